The van der Waals surface area contributed by atoms with Crippen molar-refractivity contribution in [1.29, 1.82) is 0 Å². The third-order valence-corrected chi connectivity index (χ3v) is 3.01. The van der Waals surface area contributed by atoms with Gasteiger partial charge < -0.3 is 10.0 Å². The van der Waals surface area contributed by atoms with Gasteiger partial charge in [-0.3, -0.25) is 4.79 Å². The molecule has 1 aliphatic heterocycles. The van der Waals surface area contributed by atoms with Gasteiger partial charge in [-0.2, -0.15) is 0 Å². The summed E-state index contributed by atoms with van der Waals surface area (Å²) in [7, 11) is 0. The molecule has 0 aromatic carbocycles. The molecule has 3 heteroatoms. The fraction of sp³-hybridized carbons (Fsp3) is 0.909. The number of aliphatic hydroxyl groups excluding tert-OH is 1. The molecule has 0 radical (unpaired) electrons. The normalized spacial score (nSPS) is 27.8. The van der Waals surface area contributed by atoms with Crippen molar-refractivity contribution in [2.24, 2.45) is 5.92 Å². The molecule has 2 unspecified atom stereocenters. The lowest BCUT2D eigenvalue weighted by Crippen LogP contribution is -2.44. The van der Waals surface area contributed by atoms with Crippen molar-refractivity contribution in [1.82, 2.24) is 4.90 Å². The molecule has 0 aromatic rings. The predicted molar refractivity (Wildman–Crippen MR) is 55.9 cm³/mol. The zero-order valence-electron chi connectivity index (χ0n) is 9.20. The Hall–Kier alpha value is -0.570. The lowest BCUT2D eigenvalue weighted by Gasteiger charge is -2.36. The van der Waals surface area contributed by atoms with Crippen molar-refractivity contribution in [3.05, 3.63) is 0 Å². The summed E-state index contributed by atoms with van der Waals surface area (Å²) in [6.07, 6.45) is 3.33. The van der Waals surface area contributed by atoms with Crippen LogP contribution in [0.25, 0.3) is 0 Å². The van der Waals surface area contributed by atoms with E-state index >= 15 is 0 Å². The highest BCUT2D eigenvalue weighted by molar-refractivity contribution is 5.76. The van der Waals surface area contributed by atoms with Crippen molar-refractivity contribution >= 4 is 5.91 Å². The molecule has 0 aromatic heterocycles. The van der Waals surface area contributed by atoms with E-state index in [0.717, 1.165) is 25.3 Å². The SMILES string of the molecule is CC1CCN(C(=O)CCCO)C(C)C1. The van der Waals surface area contributed by atoms with Crippen LogP contribution in [0.3, 0.4) is 0 Å². The summed E-state index contributed by atoms with van der Waals surface area (Å²) in [4.78, 5) is 13.7. The molecule has 1 saturated heterocycles. The Labute approximate surface area is 86.1 Å². The van der Waals surface area contributed by atoms with E-state index in [1.807, 2.05) is 4.90 Å². The van der Waals surface area contributed by atoms with Gasteiger partial charge >= 0.3 is 0 Å². The van der Waals surface area contributed by atoms with Crippen molar-refractivity contribution in [2.45, 2.75) is 45.6 Å². The topological polar surface area (TPSA) is 40.5 Å². The number of hydrogen-bond acceptors (Lipinski definition) is 2. The quantitative estimate of drug-likeness (QED) is 0.746. The highest BCUT2D eigenvalue weighted by atomic mass is 16.3. The minimum absolute atomic E-state index is 0.115. The zero-order chi connectivity index (χ0) is 10.6. The van der Waals surface area contributed by atoms with Gasteiger partial charge in [0.1, 0.15) is 0 Å². The monoisotopic (exact) mass is 199 g/mol. The van der Waals surface area contributed by atoms with Crippen LogP contribution in [-0.4, -0.2) is 35.1 Å². The summed E-state index contributed by atoms with van der Waals surface area (Å²) in [5, 5.41) is 8.65. The molecule has 1 fully saturated rings. The first-order chi connectivity index (χ1) is 6.65. The molecular weight excluding hydrogens is 178 g/mol. The first-order valence-electron chi connectivity index (χ1n) is 5.55. The van der Waals surface area contributed by atoms with Gasteiger partial charge in [-0.15, -0.1) is 0 Å². The second kappa shape index (κ2) is 5.35. The molecule has 0 spiro atoms. The van der Waals surface area contributed by atoms with Crippen molar-refractivity contribution in [3.63, 3.8) is 0 Å². The maximum atomic E-state index is 11.7. The van der Waals surface area contributed by atoms with Crippen LogP contribution >= 0.6 is 0 Å². The number of aliphatic hydroxyl groups is 1. The second-order valence-corrected chi connectivity index (χ2v) is 4.39. The highest BCUT2D eigenvalue weighted by Gasteiger charge is 2.25. The summed E-state index contributed by atoms with van der Waals surface area (Å²) >= 11 is 0. The number of hydrogen-bond donors (Lipinski definition) is 1. The summed E-state index contributed by atoms with van der Waals surface area (Å²) in [5.41, 5.74) is 0. The van der Waals surface area contributed by atoms with Gasteiger partial charge in [0.25, 0.3) is 0 Å². The third-order valence-electron chi connectivity index (χ3n) is 3.01. The first kappa shape index (κ1) is 11.5. The minimum atomic E-state index is 0.115. The Kier molecular flexibility index (Phi) is 4.39. The summed E-state index contributed by atoms with van der Waals surface area (Å²) in [6, 6.07) is 0.380. The van der Waals surface area contributed by atoms with Crippen LogP contribution in [0.4, 0.5) is 0 Å². The van der Waals surface area contributed by atoms with Crippen LogP contribution in [0.2, 0.25) is 0 Å². The van der Waals surface area contributed by atoms with Crippen LogP contribution in [0.5, 0.6) is 0 Å². The smallest absolute Gasteiger partial charge is 0.222 e. The molecule has 1 rings (SSSR count). The molecule has 3 nitrogen and oxygen atoms in total. The van der Waals surface area contributed by atoms with Gasteiger partial charge in [0, 0.05) is 25.6 Å². The Morgan fingerprint density at radius 1 is 1.50 bits per heavy atom. The van der Waals surface area contributed by atoms with E-state index in [9.17, 15) is 4.79 Å². The van der Waals surface area contributed by atoms with Crippen LogP contribution in [0.15, 0.2) is 0 Å². The molecule has 14 heavy (non-hydrogen) atoms. The number of amides is 1. The van der Waals surface area contributed by atoms with Gasteiger partial charge in [0.15, 0.2) is 0 Å². The lowest BCUT2D eigenvalue weighted by molar-refractivity contribution is -0.135. The van der Waals surface area contributed by atoms with Gasteiger partial charge in [-0.05, 0) is 32.1 Å². The Morgan fingerprint density at radius 2 is 2.21 bits per heavy atom. The Morgan fingerprint density at radius 3 is 2.79 bits per heavy atom. The average molecular weight is 199 g/mol. The fourth-order valence-electron chi connectivity index (χ4n) is 2.15. The number of nitrogens with zero attached hydrogens (tertiary/aromatic N) is 1. The number of likely N-dealkylation sites (tertiary alicyclic amines) is 1. The number of carbonyl (C=O) groups excluding carboxylic acids is 1. The van der Waals surface area contributed by atoms with E-state index < -0.39 is 0 Å². The molecule has 1 amide bonds. The van der Waals surface area contributed by atoms with E-state index in [0.29, 0.717) is 18.9 Å². The summed E-state index contributed by atoms with van der Waals surface area (Å²) in [5.74, 6) is 0.949. The summed E-state index contributed by atoms with van der Waals surface area (Å²) < 4.78 is 0. The molecule has 1 heterocycles. The van der Waals surface area contributed by atoms with Crippen molar-refractivity contribution < 1.29 is 9.90 Å². The average Bonchev–Trinajstić information content (AvgIpc) is 2.14. The lowest BCUT2D eigenvalue weighted by atomic mass is 9.93. The van der Waals surface area contributed by atoms with E-state index in [-0.39, 0.29) is 12.5 Å². The Balaban J connectivity index is 2.39. The molecule has 1 aliphatic rings. The molecule has 0 bridgehead atoms. The van der Waals surface area contributed by atoms with Crippen LogP contribution in [0, 0.1) is 5.92 Å². The van der Waals surface area contributed by atoms with Gasteiger partial charge in [-0.25, -0.2) is 0 Å². The number of carbonyl (C=O) groups is 1. The third kappa shape index (κ3) is 2.98. The minimum Gasteiger partial charge on any atom is -0.396 e. The molecular formula is C11H21NO2. The fourth-order valence-corrected chi connectivity index (χ4v) is 2.15. The van der Waals surface area contributed by atoms with Gasteiger partial charge in [0.05, 0.1) is 0 Å². The predicted octanol–water partition coefficient (Wildman–Crippen LogP) is 1.41. The number of piperidine rings is 1. The maximum absolute atomic E-state index is 11.7. The van der Waals surface area contributed by atoms with Crippen LogP contribution in [0.1, 0.15) is 39.5 Å². The molecule has 0 saturated carbocycles. The van der Waals surface area contributed by atoms with E-state index in [1.54, 1.807) is 0 Å². The molecule has 0 aliphatic carbocycles. The molecule has 82 valence electrons. The van der Waals surface area contributed by atoms with Crippen molar-refractivity contribution in [3.8, 4) is 0 Å². The second-order valence-electron chi connectivity index (χ2n) is 4.39. The number of rotatable bonds is 3. The van der Waals surface area contributed by atoms with Crippen LogP contribution in [-0.2, 0) is 4.79 Å². The van der Waals surface area contributed by atoms with Gasteiger partial charge in [0.2, 0.25) is 5.91 Å². The maximum Gasteiger partial charge on any atom is 0.222 e. The zero-order valence-corrected chi connectivity index (χ0v) is 9.20. The van der Waals surface area contributed by atoms with Crippen molar-refractivity contribution in [2.75, 3.05) is 13.2 Å². The van der Waals surface area contributed by atoms with E-state index in [4.69, 9.17) is 5.11 Å². The molecule has 2 atom stereocenters. The highest BCUT2D eigenvalue weighted by Crippen LogP contribution is 2.22. The molecule has 1 N–H and O–H groups in total. The van der Waals surface area contributed by atoms with Gasteiger partial charge in [-0.1, -0.05) is 6.92 Å². The summed E-state index contributed by atoms with van der Waals surface area (Å²) in [6.45, 7) is 5.37. The van der Waals surface area contributed by atoms with E-state index in [1.165, 1.54) is 0 Å². The van der Waals surface area contributed by atoms with E-state index in [2.05, 4.69) is 13.8 Å². The first-order valence-corrected chi connectivity index (χ1v) is 5.55. The Bertz CT molecular complexity index is 194. The largest absolute Gasteiger partial charge is 0.396 e. The van der Waals surface area contributed by atoms with Crippen LogP contribution < -0.4 is 0 Å². The standard InChI is InChI=1S/C11H21NO2/c1-9-5-6-12(10(2)8-9)11(14)4-3-7-13/h9-10,13H,3-8H2,1-2H3.